The Morgan fingerprint density at radius 2 is 1.66 bits per heavy atom. The molecule has 1 amide bonds. The highest BCUT2D eigenvalue weighted by molar-refractivity contribution is 6.30. The molecule has 0 radical (unpaired) electrons. The van der Waals surface area contributed by atoms with Gasteiger partial charge in [0.2, 0.25) is 0 Å². The second kappa shape index (κ2) is 12.1. The summed E-state index contributed by atoms with van der Waals surface area (Å²) in [4.78, 5) is 30.5. The Hall–Kier alpha value is -4.69. The molecule has 1 fully saturated rings. The molecule has 1 heterocycles. The molecule has 44 heavy (non-hydrogen) atoms. The van der Waals surface area contributed by atoms with Gasteiger partial charge in [-0.3, -0.25) is 4.79 Å². The molecule has 0 spiro atoms. The number of rotatable bonds is 8. The summed E-state index contributed by atoms with van der Waals surface area (Å²) in [5, 5.41) is 10.1. The molecule has 0 bridgehead atoms. The second-order valence-electron chi connectivity index (χ2n) is 11.3. The number of halogens is 2. The summed E-state index contributed by atoms with van der Waals surface area (Å²) in [5.74, 6) is -0.866. The fourth-order valence-electron chi connectivity index (χ4n) is 5.90. The van der Waals surface area contributed by atoms with E-state index in [9.17, 15) is 14.7 Å². The number of nitrogens with zero attached hydrogens (tertiary/aromatic N) is 3. The lowest BCUT2D eigenvalue weighted by molar-refractivity contribution is 0.0696. The van der Waals surface area contributed by atoms with Crippen molar-refractivity contribution in [1.29, 1.82) is 0 Å². The van der Waals surface area contributed by atoms with Gasteiger partial charge in [0.05, 0.1) is 22.2 Å². The van der Waals surface area contributed by atoms with Crippen molar-refractivity contribution in [3.63, 3.8) is 0 Å². The minimum atomic E-state index is -1.03. The van der Waals surface area contributed by atoms with Gasteiger partial charge in [-0.15, -0.1) is 0 Å². The third kappa shape index (κ3) is 5.77. The van der Waals surface area contributed by atoms with Crippen molar-refractivity contribution in [2.45, 2.75) is 38.3 Å². The number of hydrogen-bond acceptors (Lipinski definition) is 4. The number of aromatic carboxylic acids is 1. The smallest absolute Gasteiger partial charge is 0.335 e. The van der Waals surface area contributed by atoms with Crippen molar-refractivity contribution in [2.24, 2.45) is 0 Å². The van der Waals surface area contributed by atoms with E-state index in [1.165, 1.54) is 17.0 Å². The van der Waals surface area contributed by atoms with Gasteiger partial charge in [0.25, 0.3) is 5.91 Å². The van der Waals surface area contributed by atoms with Crippen molar-refractivity contribution in [2.75, 3.05) is 14.1 Å². The molecule has 7 nitrogen and oxygen atoms in total. The van der Waals surface area contributed by atoms with Crippen LogP contribution in [0.2, 0.25) is 5.02 Å². The molecule has 1 aliphatic carbocycles. The predicted octanol–water partition coefficient (Wildman–Crippen LogP) is 8.26. The number of ether oxygens (including phenoxy) is 1. The van der Waals surface area contributed by atoms with E-state index in [0.29, 0.717) is 33.2 Å². The van der Waals surface area contributed by atoms with Crippen LogP contribution in [0.15, 0.2) is 78.9 Å². The third-order valence-corrected chi connectivity index (χ3v) is 8.37. The fraction of sp³-hybridized carbons (Fsp3) is 0.229. The first-order valence-electron chi connectivity index (χ1n) is 14.5. The van der Waals surface area contributed by atoms with Crippen LogP contribution in [-0.2, 0) is 6.61 Å². The molecule has 224 valence electrons. The summed E-state index contributed by atoms with van der Waals surface area (Å²) in [6, 6.07) is 22.6. The highest BCUT2D eigenvalue weighted by atomic mass is 35.5. The van der Waals surface area contributed by atoms with Crippen molar-refractivity contribution in [1.82, 2.24) is 14.5 Å². The second-order valence-corrected chi connectivity index (χ2v) is 11.7. The van der Waals surface area contributed by atoms with Gasteiger partial charge in [0.1, 0.15) is 24.0 Å². The molecule has 4 aromatic carbocycles. The van der Waals surface area contributed by atoms with E-state index in [2.05, 4.69) is 4.57 Å². The van der Waals surface area contributed by atoms with Gasteiger partial charge in [0.15, 0.2) is 0 Å². The quantitative estimate of drug-likeness (QED) is 0.191. The molecule has 6 rings (SSSR count). The number of carboxylic acids is 1. The van der Waals surface area contributed by atoms with Gasteiger partial charge in [-0.1, -0.05) is 42.6 Å². The Morgan fingerprint density at radius 3 is 2.34 bits per heavy atom. The average Bonchev–Trinajstić information content (AvgIpc) is 3.67. The molecule has 9 heteroatoms. The summed E-state index contributed by atoms with van der Waals surface area (Å²) in [6.45, 7) is 0.101. The van der Waals surface area contributed by atoms with Crippen molar-refractivity contribution in [3.8, 4) is 28.3 Å². The lowest BCUT2D eigenvalue weighted by atomic mass is 9.97. The number of aromatic nitrogens is 2. The lowest BCUT2D eigenvalue weighted by Gasteiger charge is -2.18. The number of hydrogen-bond donors (Lipinski definition) is 1. The van der Waals surface area contributed by atoms with Crippen LogP contribution in [0, 0.1) is 5.82 Å². The van der Waals surface area contributed by atoms with Gasteiger partial charge in [-0.25, -0.2) is 14.2 Å². The third-order valence-electron chi connectivity index (χ3n) is 8.12. The highest BCUT2D eigenvalue weighted by Crippen LogP contribution is 2.38. The maximum Gasteiger partial charge on any atom is 0.335 e. The van der Waals surface area contributed by atoms with E-state index in [0.717, 1.165) is 47.9 Å². The molecule has 1 aliphatic rings. The van der Waals surface area contributed by atoms with Crippen LogP contribution in [0.25, 0.3) is 33.5 Å². The van der Waals surface area contributed by atoms with Crippen molar-refractivity contribution >= 4 is 34.5 Å². The van der Waals surface area contributed by atoms with E-state index < -0.39 is 11.8 Å². The Balaban J connectivity index is 1.33. The molecule has 0 aliphatic heterocycles. The van der Waals surface area contributed by atoms with Gasteiger partial charge in [-0.05, 0) is 84.1 Å². The van der Waals surface area contributed by atoms with Crippen LogP contribution in [0.1, 0.15) is 58.0 Å². The van der Waals surface area contributed by atoms with E-state index in [1.807, 2.05) is 18.2 Å². The molecule has 1 N–H and O–H groups in total. The van der Waals surface area contributed by atoms with E-state index in [1.54, 1.807) is 62.6 Å². The highest BCUT2D eigenvalue weighted by Gasteiger charge is 2.25. The fourth-order valence-corrected chi connectivity index (χ4v) is 6.02. The maximum atomic E-state index is 15.8. The summed E-state index contributed by atoms with van der Waals surface area (Å²) >= 11 is 6.10. The summed E-state index contributed by atoms with van der Waals surface area (Å²) < 4.78 is 24.0. The van der Waals surface area contributed by atoms with Crippen molar-refractivity contribution < 1.29 is 23.8 Å². The van der Waals surface area contributed by atoms with Gasteiger partial charge >= 0.3 is 5.97 Å². The summed E-state index contributed by atoms with van der Waals surface area (Å²) in [7, 11) is 3.39. The van der Waals surface area contributed by atoms with Crippen molar-refractivity contribution in [3.05, 3.63) is 106 Å². The molecule has 5 aromatic rings. The number of carboxylic acid groups (broad SMARTS) is 1. The van der Waals surface area contributed by atoms with Crippen LogP contribution >= 0.6 is 11.6 Å². The zero-order chi connectivity index (χ0) is 31.0. The topological polar surface area (TPSA) is 84.7 Å². The molecule has 1 aromatic heterocycles. The summed E-state index contributed by atoms with van der Waals surface area (Å²) in [5.41, 5.74) is 4.84. The SMILES string of the molecule is CN(C)C(=O)c1ccc(-c2ccc(Cl)cc2)c(COc2ccc(-c3nc4cc(C(=O)O)ccc4n3C3CCCC3)c(F)c2)c1. The molecule has 0 unspecified atom stereocenters. The molecular formula is C35H31ClFN3O4. The van der Waals surface area contributed by atoms with Crippen LogP contribution in [0.3, 0.4) is 0 Å². The average molecular weight is 612 g/mol. The van der Waals surface area contributed by atoms with Crippen LogP contribution in [0.5, 0.6) is 5.75 Å². The number of amides is 1. The minimum Gasteiger partial charge on any atom is -0.489 e. The van der Waals surface area contributed by atoms with E-state index in [-0.39, 0.29) is 24.1 Å². The minimum absolute atomic E-state index is 0.101. The van der Waals surface area contributed by atoms with Gasteiger partial charge < -0.3 is 19.3 Å². The largest absolute Gasteiger partial charge is 0.489 e. The number of imidazole rings is 1. The molecule has 0 saturated heterocycles. The van der Waals surface area contributed by atoms with E-state index >= 15 is 4.39 Å². The van der Waals surface area contributed by atoms with Gasteiger partial charge in [0, 0.05) is 36.8 Å². The number of carbonyl (C=O) groups is 2. The Labute approximate surface area is 259 Å². The van der Waals surface area contributed by atoms with Gasteiger partial charge in [-0.2, -0.15) is 0 Å². The number of benzene rings is 4. The predicted molar refractivity (Wildman–Crippen MR) is 169 cm³/mol. The summed E-state index contributed by atoms with van der Waals surface area (Å²) in [6.07, 6.45) is 4.05. The van der Waals surface area contributed by atoms with Crippen LogP contribution < -0.4 is 4.74 Å². The zero-order valence-electron chi connectivity index (χ0n) is 24.4. The maximum absolute atomic E-state index is 15.8. The van der Waals surface area contributed by atoms with Crippen LogP contribution in [-0.4, -0.2) is 45.5 Å². The van der Waals surface area contributed by atoms with Crippen LogP contribution in [0.4, 0.5) is 4.39 Å². The monoisotopic (exact) mass is 611 g/mol. The number of carbonyl (C=O) groups excluding carboxylic acids is 1. The Bertz CT molecular complexity index is 1880. The number of fused-ring (bicyclic) bond motifs is 1. The molecule has 1 saturated carbocycles. The normalized spacial score (nSPS) is 13.4. The first kappa shape index (κ1) is 29.4. The first-order valence-corrected chi connectivity index (χ1v) is 14.9. The Kier molecular flexibility index (Phi) is 8.10. The first-order chi connectivity index (χ1) is 21.2. The molecular weight excluding hydrogens is 581 g/mol. The zero-order valence-corrected chi connectivity index (χ0v) is 25.1. The lowest BCUT2D eigenvalue weighted by Crippen LogP contribution is -2.21. The van der Waals surface area contributed by atoms with E-state index in [4.69, 9.17) is 21.3 Å². The Morgan fingerprint density at radius 1 is 0.955 bits per heavy atom. The molecule has 0 atom stereocenters. The standard InChI is InChI=1S/C35H31ClFN3O4/c1-39(2)34(41)22-9-14-28(21-7-11-25(36)12-8-21)24(17-22)20-44-27-13-15-29(30(37)19-27)33-38-31-18-23(35(42)43)10-16-32(31)40(33)26-5-3-4-6-26/h7-19,26H,3-6,20H2,1-2H3,(H,42,43).